The summed E-state index contributed by atoms with van der Waals surface area (Å²) >= 11 is 0. The Kier molecular flexibility index (Phi) is 6.29. The van der Waals surface area contributed by atoms with Crippen molar-refractivity contribution in [3.8, 4) is 0 Å². The molecule has 2 N–H and O–H groups in total. The number of halogens is 3. The predicted molar refractivity (Wildman–Crippen MR) is 103 cm³/mol. The predicted octanol–water partition coefficient (Wildman–Crippen LogP) is 4.06. The second-order valence-electron chi connectivity index (χ2n) is 6.27. The zero-order valence-corrected chi connectivity index (χ0v) is 15.2. The molecule has 3 aromatic rings. The van der Waals surface area contributed by atoms with Gasteiger partial charge in [0.25, 0.3) is 5.91 Å². The highest BCUT2D eigenvalue weighted by atomic mass is 19.2. The lowest BCUT2D eigenvalue weighted by atomic mass is 9.99. The summed E-state index contributed by atoms with van der Waals surface area (Å²) in [5.41, 5.74) is 1.71. The summed E-state index contributed by atoms with van der Waals surface area (Å²) in [7, 11) is 0. The molecule has 0 saturated carbocycles. The average molecular weight is 398 g/mol. The van der Waals surface area contributed by atoms with E-state index in [1.165, 1.54) is 0 Å². The fraction of sp³-hybridized carbons (Fsp3) is 0.0909. The van der Waals surface area contributed by atoms with E-state index in [2.05, 4.69) is 10.6 Å². The van der Waals surface area contributed by atoms with Crippen LogP contribution >= 0.6 is 0 Å². The molecule has 29 heavy (non-hydrogen) atoms. The highest BCUT2D eigenvalue weighted by Gasteiger charge is 2.16. The molecule has 3 rings (SSSR count). The molecule has 4 nitrogen and oxygen atoms in total. The molecule has 0 aliphatic rings. The van der Waals surface area contributed by atoms with E-state index < -0.39 is 41.5 Å². The van der Waals surface area contributed by atoms with Gasteiger partial charge in [0, 0.05) is 5.56 Å². The van der Waals surface area contributed by atoms with Gasteiger partial charge >= 0.3 is 0 Å². The van der Waals surface area contributed by atoms with Gasteiger partial charge < -0.3 is 10.6 Å². The molecule has 0 unspecified atom stereocenters. The van der Waals surface area contributed by atoms with Crippen LogP contribution in [0.4, 0.5) is 18.9 Å². The van der Waals surface area contributed by atoms with Crippen molar-refractivity contribution in [2.45, 2.75) is 6.42 Å². The zero-order chi connectivity index (χ0) is 20.8. The number of hydrogen-bond acceptors (Lipinski definition) is 2. The summed E-state index contributed by atoms with van der Waals surface area (Å²) in [5.74, 6) is -5.79. The first-order valence-electron chi connectivity index (χ1n) is 8.79. The summed E-state index contributed by atoms with van der Waals surface area (Å²) in [6, 6.07) is 18.2. The number of hydrogen-bond donors (Lipinski definition) is 2. The van der Waals surface area contributed by atoms with Crippen molar-refractivity contribution in [2.24, 2.45) is 0 Å². The first-order valence-corrected chi connectivity index (χ1v) is 8.79. The third-order valence-electron chi connectivity index (χ3n) is 4.22. The van der Waals surface area contributed by atoms with Crippen molar-refractivity contribution in [1.29, 1.82) is 0 Å². The number of carbonyl (C=O) groups excluding carboxylic acids is 2. The summed E-state index contributed by atoms with van der Waals surface area (Å²) < 4.78 is 39.8. The Morgan fingerprint density at radius 1 is 0.793 bits per heavy atom. The minimum Gasteiger partial charge on any atom is -0.343 e. The van der Waals surface area contributed by atoms with Gasteiger partial charge in [-0.05, 0) is 35.7 Å². The molecule has 0 fully saturated rings. The van der Waals surface area contributed by atoms with Crippen LogP contribution < -0.4 is 10.6 Å². The minimum absolute atomic E-state index is 0.406. The number of nitrogens with one attached hydrogen (secondary N) is 2. The molecule has 2 amide bonds. The maximum absolute atomic E-state index is 13.6. The van der Waals surface area contributed by atoms with Crippen LogP contribution in [0.3, 0.4) is 0 Å². The number of carbonyl (C=O) groups is 2. The molecule has 0 aliphatic heterocycles. The number of anilines is 1. The molecule has 0 spiro atoms. The molecule has 0 radical (unpaired) electrons. The van der Waals surface area contributed by atoms with Gasteiger partial charge in [-0.1, -0.05) is 48.5 Å². The Hall–Kier alpha value is -3.61. The highest BCUT2D eigenvalue weighted by Crippen LogP contribution is 2.19. The van der Waals surface area contributed by atoms with Gasteiger partial charge in [0.1, 0.15) is 0 Å². The summed E-state index contributed by atoms with van der Waals surface area (Å²) in [4.78, 5) is 24.5. The molecule has 148 valence electrons. The van der Waals surface area contributed by atoms with Gasteiger partial charge in [-0.3, -0.25) is 9.59 Å². The quantitative estimate of drug-likeness (QED) is 0.615. The van der Waals surface area contributed by atoms with Gasteiger partial charge in [0.05, 0.1) is 12.2 Å². The van der Waals surface area contributed by atoms with Crippen molar-refractivity contribution in [1.82, 2.24) is 5.32 Å². The van der Waals surface area contributed by atoms with Crippen molar-refractivity contribution in [3.63, 3.8) is 0 Å². The molecule has 3 aromatic carbocycles. The van der Waals surface area contributed by atoms with E-state index in [9.17, 15) is 22.8 Å². The van der Waals surface area contributed by atoms with Crippen LogP contribution in [0.2, 0.25) is 0 Å². The topological polar surface area (TPSA) is 58.2 Å². The Bertz CT molecular complexity index is 1040. The average Bonchev–Trinajstić information content (AvgIpc) is 2.73. The van der Waals surface area contributed by atoms with Crippen LogP contribution in [0.1, 0.15) is 21.5 Å². The van der Waals surface area contributed by atoms with Crippen molar-refractivity contribution < 1.29 is 22.8 Å². The second-order valence-corrected chi connectivity index (χ2v) is 6.27. The van der Waals surface area contributed by atoms with E-state index in [4.69, 9.17) is 0 Å². The van der Waals surface area contributed by atoms with Crippen LogP contribution in [-0.4, -0.2) is 18.4 Å². The van der Waals surface area contributed by atoms with Crippen molar-refractivity contribution in [3.05, 3.63) is 101 Å². The summed E-state index contributed by atoms with van der Waals surface area (Å²) in [5, 5.41) is 4.55. The highest BCUT2D eigenvalue weighted by molar-refractivity contribution is 6.00. The monoisotopic (exact) mass is 398 g/mol. The van der Waals surface area contributed by atoms with Crippen molar-refractivity contribution >= 4 is 17.5 Å². The smallest absolute Gasteiger partial charge is 0.252 e. The van der Waals surface area contributed by atoms with Gasteiger partial charge in [0.2, 0.25) is 5.91 Å². The molecule has 0 aliphatic carbocycles. The Labute approximate surface area is 165 Å². The minimum atomic E-state index is -1.68. The molecule has 0 aromatic heterocycles. The molecule has 0 atom stereocenters. The molecular formula is C22H17F3N2O2. The lowest BCUT2D eigenvalue weighted by Crippen LogP contribution is -2.33. The number of benzene rings is 3. The maximum Gasteiger partial charge on any atom is 0.252 e. The Morgan fingerprint density at radius 3 is 2.24 bits per heavy atom. The van der Waals surface area contributed by atoms with E-state index in [0.717, 1.165) is 17.2 Å². The lowest BCUT2D eigenvalue weighted by molar-refractivity contribution is -0.115. The van der Waals surface area contributed by atoms with Crippen LogP contribution in [-0.2, 0) is 11.2 Å². The van der Waals surface area contributed by atoms with Gasteiger partial charge in [-0.25, -0.2) is 13.2 Å². The Balaban J connectivity index is 1.64. The van der Waals surface area contributed by atoms with Crippen LogP contribution in [0.25, 0.3) is 0 Å². The van der Waals surface area contributed by atoms with E-state index in [1.807, 2.05) is 42.5 Å². The number of rotatable bonds is 6. The fourth-order valence-electron chi connectivity index (χ4n) is 2.78. The normalized spacial score (nSPS) is 10.4. The first kappa shape index (κ1) is 20.1. The maximum atomic E-state index is 13.6. The fourth-order valence-corrected chi connectivity index (χ4v) is 2.78. The van der Waals surface area contributed by atoms with E-state index >= 15 is 0 Å². The van der Waals surface area contributed by atoms with E-state index in [-0.39, 0.29) is 0 Å². The molecule has 0 saturated heterocycles. The van der Waals surface area contributed by atoms with Gasteiger partial charge in [-0.15, -0.1) is 0 Å². The lowest BCUT2D eigenvalue weighted by Gasteiger charge is -2.11. The standard InChI is InChI=1S/C22H17F3N2O2/c23-17-10-11-18(21(25)20(17)24)27-19(28)13-26-22(29)16-9-5-4-8-15(16)12-14-6-2-1-3-7-14/h1-11H,12-13H2,(H,26,29)(H,27,28). The summed E-state index contributed by atoms with van der Waals surface area (Å²) in [6.45, 7) is -0.461. The first-order chi connectivity index (χ1) is 14.0. The second kappa shape index (κ2) is 9.05. The van der Waals surface area contributed by atoms with Crippen LogP contribution in [0, 0.1) is 17.5 Å². The molecular weight excluding hydrogens is 381 g/mol. The molecule has 0 bridgehead atoms. The molecule has 0 heterocycles. The van der Waals surface area contributed by atoms with E-state index in [0.29, 0.717) is 18.1 Å². The third-order valence-corrected chi connectivity index (χ3v) is 4.22. The Morgan fingerprint density at radius 2 is 1.48 bits per heavy atom. The SMILES string of the molecule is O=C(CNC(=O)c1ccccc1Cc1ccccc1)Nc1ccc(F)c(F)c1F. The van der Waals surface area contributed by atoms with Crippen LogP contribution in [0.5, 0.6) is 0 Å². The molecule has 7 heteroatoms. The zero-order valence-electron chi connectivity index (χ0n) is 15.2. The van der Waals surface area contributed by atoms with E-state index in [1.54, 1.807) is 12.1 Å². The van der Waals surface area contributed by atoms with Crippen molar-refractivity contribution in [2.75, 3.05) is 11.9 Å². The summed E-state index contributed by atoms with van der Waals surface area (Å²) in [6.07, 6.45) is 0.538. The third kappa shape index (κ3) is 5.01. The van der Waals surface area contributed by atoms with Crippen LogP contribution in [0.15, 0.2) is 66.7 Å². The largest absolute Gasteiger partial charge is 0.343 e. The van der Waals surface area contributed by atoms with Gasteiger partial charge in [0.15, 0.2) is 17.5 Å². The number of amides is 2. The van der Waals surface area contributed by atoms with Gasteiger partial charge in [-0.2, -0.15) is 0 Å².